The van der Waals surface area contributed by atoms with Crippen LogP contribution in [0.15, 0.2) is 71.9 Å². The molecule has 0 heterocycles. The van der Waals surface area contributed by atoms with Gasteiger partial charge < -0.3 is 4.84 Å². The second-order valence-corrected chi connectivity index (χ2v) is 7.28. The summed E-state index contributed by atoms with van der Waals surface area (Å²) in [6.45, 7) is -0.0474. The number of hydrogen-bond donors (Lipinski definition) is 0. The van der Waals surface area contributed by atoms with Crippen molar-refractivity contribution in [2.75, 3.05) is 0 Å². The summed E-state index contributed by atoms with van der Waals surface area (Å²) in [5.41, 5.74) is -0.00150. The fraction of sp³-hybridized carbons (Fsp3) is 0.0952. The Balaban J connectivity index is 2.03. The minimum atomic E-state index is -4.59. The smallest absolute Gasteiger partial charge is 0.390 e. The summed E-state index contributed by atoms with van der Waals surface area (Å²) in [5.74, 6) is 0. The molecule has 0 aromatic heterocycles. The van der Waals surface area contributed by atoms with Gasteiger partial charge in [0, 0.05) is 31.8 Å². The third-order valence-electron chi connectivity index (χ3n) is 3.98. The summed E-state index contributed by atoms with van der Waals surface area (Å²) in [4.78, 5) is 5.37. The Labute approximate surface area is 180 Å². The molecule has 0 spiro atoms. The van der Waals surface area contributed by atoms with Crippen molar-refractivity contribution >= 4 is 40.5 Å². The molecule has 0 saturated carbocycles. The van der Waals surface area contributed by atoms with Gasteiger partial charge in [0.2, 0.25) is 0 Å². The Morgan fingerprint density at radius 1 is 0.862 bits per heavy atom. The number of nitrogens with zero attached hydrogens (tertiary/aromatic N) is 1. The van der Waals surface area contributed by atoms with Crippen LogP contribution >= 0.6 is 34.8 Å². The van der Waals surface area contributed by atoms with Crippen LogP contribution in [0.5, 0.6) is 0 Å². The number of oxime groups is 1. The standard InChI is InChI=1S/C21H13Cl3F3NO/c22-15-8-9-18(21(25,26)27)17(10-15)20(13-4-2-1-3-5-13)28-29-12-14-6-7-16(23)11-19(14)24/h1-11H,12H2/b28-20+. The maximum absolute atomic E-state index is 13.6. The molecule has 0 amide bonds. The molecule has 0 atom stereocenters. The van der Waals surface area contributed by atoms with E-state index in [1.807, 2.05) is 0 Å². The van der Waals surface area contributed by atoms with E-state index >= 15 is 0 Å². The van der Waals surface area contributed by atoms with Gasteiger partial charge in [-0.3, -0.25) is 0 Å². The molecule has 0 bridgehead atoms. The Morgan fingerprint density at radius 3 is 2.17 bits per heavy atom. The molecule has 29 heavy (non-hydrogen) atoms. The molecule has 0 aliphatic heterocycles. The summed E-state index contributed by atoms with van der Waals surface area (Å²) < 4.78 is 40.7. The molecule has 0 unspecified atom stereocenters. The summed E-state index contributed by atoms with van der Waals surface area (Å²) in [7, 11) is 0. The van der Waals surface area contributed by atoms with Crippen molar-refractivity contribution < 1.29 is 18.0 Å². The van der Waals surface area contributed by atoms with E-state index in [0.29, 0.717) is 21.2 Å². The van der Waals surface area contributed by atoms with Gasteiger partial charge >= 0.3 is 6.18 Å². The second-order valence-electron chi connectivity index (χ2n) is 6.00. The van der Waals surface area contributed by atoms with E-state index < -0.39 is 11.7 Å². The van der Waals surface area contributed by atoms with Crippen molar-refractivity contribution in [2.24, 2.45) is 5.16 Å². The molecule has 2 nitrogen and oxygen atoms in total. The zero-order valence-electron chi connectivity index (χ0n) is 14.7. The first-order chi connectivity index (χ1) is 13.8. The van der Waals surface area contributed by atoms with Crippen molar-refractivity contribution in [3.8, 4) is 0 Å². The normalized spacial score (nSPS) is 12.1. The molecule has 0 radical (unpaired) electrons. The lowest BCUT2D eigenvalue weighted by molar-refractivity contribution is -0.137. The molecule has 0 saturated heterocycles. The highest BCUT2D eigenvalue weighted by Crippen LogP contribution is 2.34. The van der Waals surface area contributed by atoms with Gasteiger partial charge in [-0.05, 0) is 30.3 Å². The van der Waals surface area contributed by atoms with E-state index in [9.17, 15) is 13.2 Å². The van der Waals surface area contributed by atoms with Crippen LogP contribution in [0.25, 0.3) is 0 Å². The molecule has 3 aromatic rings. The summed E-state index contributed by atoms with van der Waals surface area (Å²) in [5, 5.41) is 4.98. The lowest BCUT2D eigenvalue weighted by Gasteiger charge is -2.15. The third kappa shape index (κ3) is 5.44. The number of benzene rings is 3. The monoisotopic (exact) mass is 457 g/mol. The molecule has 3 aromatic carbocycles. The van der Waals surface area contributed by atoms with Gasteiger partial charge in [-0.2, -0.15) is 13.2 Å². The van der Waals surface area contributed by atoms with Crippen molar-refractivity contribution in [3.63, 3.8) is 0 Å². The van der Waals surface area contributed by atoms with Crippen LogP contribution in [0.4, 0.5) is 13.2 Å². The van der Waals surface area contributed by atoms with E-state index in [4.69, 9.17) is 39.6 Å². The fourth-order valence-electron chi connectivity index (χ4n) is 2.62. The van der Waals surface area contributed by atoms with Crippen LogP contribution in [0.3, 0.4) is 0 Å². The van der Waals surface area contributed by atoms with E-state index in [-0.39, 0.29) is 22.9 Å². The van der Waals surface area contributed by atoms with Crippen molar-refractivity contribution in [1.82, 2.24) is 0 Å². The van der Waals surface area contributed by atoms with Gasteiger partial charge in [-0.25, -0.2) is 0 Å². The SMILES string of the molecule is FC(F)(F)c1ccc(Cl)cc1/C(=N/OCc1ccc(Cl)cc1Cl)c1ccccc1. The average molecular weight is 459 g/mol. The Kier molecular flexibility index (Phi) is 6.73. The Hall–Kier alpha value is -2.21. The molecular formula is C21H13Cl3F3NO. The maximum Gasteiger partial charge on any atom is 0.417 e. The van der Waals surface area contributed by atoms with Crippen LogP contribution in [-0.4, -0.2) is 5.71 Å². The molecule has 0 aliphatic carbocycles. The zero-order valence-corrected chi connectivity index (χ0v) is 16.9. The first-order valence-corrected chi connectivity index (χ1v) is 9.45. The van der Waals surface area contributed by atoms with E-state index in [1.54, 1.807) is 48.5 Å². The first kappa shape index (κ1) is 21.5. The topological polar surface area (TPSA) is 21.6 Å². The molecule has 150 valence electrons. The number of halogens is 6. The molecular weight excluding hydrogens is 446 g/mol. The number of hydrogen-bond acceptors (Lipinski definition) is 2. The number of alkyl halides is 3. The molecule has 0 N–H and O–H groups in total. The third-order valence-corrected chi connectivity index (χ3v) is 4.80. The lowest BCUT2D eigenvalue weighted by Crippen LogP contribution is -2.15. The summed E-state index contributed by atoms with van der Waals surface area (Å²) in [6, 6.07) is 16.6. The van der Waals surface area contributed by atoms with E-state index in [2.05, 4.69) is 5.16 Å². The second kappa shape index (κ2) is 9.08. The Morgan fingerprint density at radius 2 is 1.52 bits per heavy atom. The summed E-state index contributed by atoms with van der Waals surface area (Å²) >= 11 is 17.9. The van der Waals surface area contributed by atoms with Crippen molar-refractivity contribution in [3.05, 3.63) is 104 Å². The highest BCUT2D eigenvalue weighted by Gasteiger charge is 2.35. The van der Waals surface area contributed by atoms with Gasteiger partial charge in [0.05, 0.1) is 5.56 Å². The van der Waals surface area contributed by atoms with Crippen LogP contribution in [-0.2, 0) is 17.6 Å². The molecule has 8 heteroatoms. The molecule has 0 fully saturated rings. The van der Waals surface area contributed by atoms with Crippen LogP contribution in [0.1, 0.15) is 22.3 Å². The van der Waals surface area contributed by atoms with Crippen molar-refractivity contribution in [1.29, 1.82) is 0 Å². The highest BCUT2D eigenvalue weighted by molar-refractivity contribution is 6.35. The van der Waals surface area contributed by atoms with Crippen LogP contribution in [0, 0.1) is 0 Å². The predicted octanol–water partition coefficient (Wildman–Crippen LogP) is 7.63. The quantitative estimate of drug-likeness (QED) is 0.284. The zero-order chi connectivity index (χ0) is 21.0. The minimum Gasteiger partial charge on any atom is -0.390 e. The maximum atomic E-state index is 13.6. The van der Waals surface area contributed by atoms with E-state index in [0.717, 1.165) is 6.07 Å². The van der Waals surface area contributed by atoms with Gasteiger partial charge in [0.1, 0.15) is 12.3 Å². The highest BCUT2D eigenvalue weighted by atomic mass is 35.5. The molecule has 0 aliphatic rings. The Bertz CT molecular complexity index is 1040. The average Bonchev–Trinajstić information content (AvgIpc) is 2.66. The van der Waals surface area contributed by atoms with E-state index in [1.165, 1.54) is 12.1 Å². The summed E-state index contributed by atoms with van der Waals surface area (Å²) in [6.07, 6.45) is -4.59. The largest absolute Gasteiger partial charge is 0.417 e. The van der Waals surface area contributed by atoms with Gasteiger partial charge in [-0.15, -0.1) is 0 Å². The van der Waals surface area contributed by atoms with Crippen LogP contribution < -0.4 is 0 Å². The van der Waals surface area contributed by atoms with Gasteiger partial charge in [0.25, 0.3) is 0 Å². The predicted molar refractivity (Wildman–Crippen MR) is 110 cm³/mol. The van der Waals surface area contributed by atoms with Crippen molar-refractivity contribution in [2.45, 2.75) is 12.8 Å². The fourth-order valence-corrected chi connectivity index (χ4v) is 3.25. The lowest BCUT2D eigenvalue weighted by atomic mass is 9.97. The van der Waals surface area contributed by atoms with Crippen LogP contribution in [0.2, 0.25) is 15.1 Å². The van der Waals surface area contributed by atoms with Gasteiger partial charge in [-0.1, -0.05) is 76.4 Å². The first-order valence-electron chi connectivity index (χ1n) is 8.32. The van der Waals surface area contributed by atoms with Gasteiger partial charge in [0.15, 0.2) is 0 Å². The molecule has 3 rings (SSSR count). The minimum absolute atomic E-state index is 0.00510. The number of rotatable bonds is 5.